The Morgan fingerprint density at radius 3 is 2.60 bits per heavy atom. The van der Waals surface area contributed by atoms with Gasteiger partial charge in [-0.05, 0) is 30.7 Å². The predicted molar refractivity (Wildman–Crippen MR) is 80.8 cm³/mol. The quantitative estimate of drug-likeness (QED) is 0.903. The van der Waals surface area contributed by atoms with Crippen LogP contribution in [0, 0.1) is 6.92 Å². The molecule has 0 unspecified atom stereocenters. The molecule has 2 rings (SSSR count). The minimum absolute atomic E-state index is 0.231. The molecular weight excluding hydrogens is 322 g/mol. The summed E-state index contributed by atoms with van der Waals surface area (Å²) in [6.45, 7) is 1.86. The van der Waals surface area contributed by atoms with Crippen LogP contribution in [0.15, 0.2) is 34.9 Å². The molecule has 2 aromatic rings. The topological polar surface area (TPSA) is 77.1 Å². The lowest BCUT2D eigenvalue weighted by atomic mass is 10.1. The van der Waals surface area contributed by atoms with E-state index in [0.717, 1.165) is 10.0 Å². The Labute approximate surface area is 124 Å². The molecule has 20 heavy (non-hydrogen) atoms. The SMILES string of the molecule is Cc1ccc(Br)cc1C(=O)Nc1cc(C(N)=O)n(C)c1. The number of anilines is 1. The molecule has 0 spiro atoms. The van der Waals surface area contributed by atoms with Gasteiger partial charge in [0, 0.05) is 23.3 Å². The second-order valence-corrected chi connectivity index (χ2v) is 5.42. The number of hydrogen-bond acceptors (Lipinski definition) is 2. The van der Waals surface area contributed by atoms with E-state index in [-0.39, 0.29) is 5.91 Å². The number of rotatable bonds is 3. The smallest absolute Gasteiger partial charge is 0.265 e. The van der Waals surface area contributed by atoms with Gasteiger partial charge in [0.05, 0.1) is 5.69 Å². The van der Waals surface area contributed by atoms with Gasteiger partial charge in [-0.2, -0.15) is 0 Å². The minimum atomic E-state index is -0.536. The van der Waals surface area contributed by atoms with E-state index in [1.807, 2.05) is 19.1 Å². The number of aromatic nitrogens is 1. The third-order valence-corrected chi connectivity index (χ3v) is 3.45. The first-order valence-corrected chi connectivity index (χ1v) is 6.71. The molecule has 0 saturated heterocycles. The lowest BCUT2D eigenvalue weighted by Gasteiger charge is -2.06. The Morgan fingerprint density at radius 2 is 2.00 bits per heavy atom. The maximum absolute atomic E-state index is 12.2. The summed E-state index contributed by atoms with van der Waals surface area (Å²) in [5.41, 5.74) is 7.55. The third-order valence-electron chi connectivity index (χ3n) is 2.96. The number of halogens is 1. The second-order valence-electron chi connectivity index (χ2n) is 4.50. The second kappa shape index (κ2) is 5.50. The molecule has 3 N–H and O–H groups in total. The van der Waals surface area contributed by atoms with Crippen LogP contribution in [0.2, 0.25) is 0 Å². The van der Waals surface area contributed by atoms with Crippen LogP contribution in [0.25, 0.3) is 0 Å². The van der Waals surface area contributed by atoms with Crippen molar-refractivity contribution in [2.24, 2.45) is 12.8 Å². The molecule has 1 aromatic heterocycles. The highest BCUT2D eigenvalue weighted by Gasteiger charge is 2.13. The number of primary amides is 1. The first-order chi connectivity index (χ1) is 9.38. The summed E-state index contributed by atoms with van der Waals surface area (Å²) in [6, 6.07) is 7.04. The summed E-state index contributed by atoms with van der Waals surface area (Å²) >= 11 is 3.34. The summed E-state index contributed by atoms with van der Waals surface area (Å²) in [6.07, 6.45) is 1.64. The molecule has 0 aliphatic carbocycles. The molecule has 2 amide bonds. The van der Waals surface area contributed by atoms with Crippen LogP contribution in [-0.4, -0.2) is 16.4 Å². The molecule has 0 radical (unpaired) electrons. The number of hydrogen-bond donors (Lipinski definition) is 2. The standard InChI is InChI=1S/C14H14BrN3O2/c1-8-3-4-9(15)5-11(8)14(20)17-10-6-12(13(16)19)18(2)7-10/h3-7H,1-2H3,(H2,16,19)(H,17,20). The lowest BCUT2D eigenvalue weighted by molar-refractivity contribution is 0.0990. The molecule has 1 aromatic carbocycles. The predicted octanol–water partition coefficient (Wildman–Crippen LogP) is 2.45. The van der Waals surface area contributed by atoms with E-state index in [2.05, 4.69) is 21.2 Å². The van der Waals surface area contributed by atoms with E-state index in [1.165, 1.54) is 0 Å². The third kappa shape index (κ3) is 2.91. The molecule has 5 nitrogen and oxygen atoms in total. The molecule has 0 atom stereocenters. The molecule has 0 aliphatic heterocycles. The van der Waals surface area contributed by atoms with Crippen molar-refractivity contribution in [1.82, 2.24) is 4.57 Å². The molecule has 0 fully saturated rings. The van der Waals surface area contributed by atoms with Crippen molar-refractivity contribution in [2.75, 3.05) is 5.32 Å². The molecule has 0 bridgehead atoms. The van der Waals surface area contributed by atoms with E-state index < -0.39 is 5.91 Å². The van der Waals surface area contributed by atoms with E-state index in [1.54, 1.807) is 29.9 Å². The number of carbonyl (C=O) groups excluding carboxylic acids is 2. The normalized spacial score (nSPS) is 10.3. The van der Waals surface area contributed by atoms with Crippen LogP contribution < -0.4 is 11.1 Å². The van der Waals surface area contributed by atoms with Crippen LogP contribution in [0.4, 0.5) is 5.69 Å². The van der Waals surface area contributed by atoms with Crippen molar-refractivity contribution >= 4 is 33.4 Å². The van der Waals surface area contributed by atoms with Gasteiger partial charge in [0.15, 0.2) is 0 Å². The van der Waals surface area contributed by atoms with Crippen LogP contribution in [-0.2, 0) is 7.05 Å². The largest absolute Gasteiger partial charge is 0.364 e. The summed E-state index contributed by atoms with van der Waals surface area (Å²) in [5.74, 6) is -0.767. The fourth-order valence-electron chi connectivity index (χ4n) is 1.92. The van der Waals surface area contributed by atoms with E-state index in [9.17, 15) is 9.59 Å². The van der Waals surface area contributed by atoms with E-state index >= 15 is 0 Å². The van der Waals surface area contributed by atoms with Gasteiger partial charge in [-0.15, -0.1) is 0 Å². The fraction of sp³-hybridized carbons (Fsp3) is 0.143. The first kappa shape index (κ1) is 14.3. The van der Waals surface area contributed by atoms with Gasteiger partial charge in [-0.3, -0.25) is 9.59 Å². The Morgan fingerprint density at radius 1 is 1.30 bits per heavy atom. The number of nitrogens with two attached hydrogens (primary N) is 1. The highest BCUT2D eigenvalue weighted by Crippen LogP contribution is 2.19. The lowest BCUT2D eigenvalue weighted by Crippen LogP contribution is -2.14. The van der Waals surface area contributed by atoms with Crippen LogP contribution >= 0.6 is 15.9 Å². The van der Waals surface area contributed by atoms with Crippen molar-refractivity contribution in [3.63, 3.8) is 0 Å². The minimum Gasteiger partial charge on any atom is -0.364 e. The van der Waals surface area contributed by atoms with Crippen LogP contribution in [0.3, 0.4) is 0 Å². The number of carbonyl (C=O) groups is 2. The van der Waals surface area contributed by atoms with Gasteiger partial charge in [-0.1, -0.05) is 22.0 Å². The highest BCUT2D eigenvalue weighted by atomic mass is 79.9. The van der Waals surface area contributed by atoms with Crippen molar-refractivity contribution in [2.45, 2.75) is 6.92 Å². The zero-order valence-corrected chi connectivity index (χ0v) is 12.7. The fourth-order valence-corrected chi connectivity index (χ4v) is 2.28. The number of amides is 2. The number of nitrogens with zero attached hydrogens (tertiary/aromatic N) is 1. The summed E-state index contributed by atoms with van der Waals surface area (Å²) in [7, 11) is 1.69. The van der Waals surface area contributed by atoms with Gasteiger partial charge in [0.2, 0.25) is 0 Å². The Kier molecular flexibility index (Phi) is 3.94. The van der Waals surface area contributed by atoms with Crippen LogP contribution in [0.5, 0.6) is 0 Å². The van der Waals surface area contributed by atoms with Gasteiger partial charge >= 0.3 is 0 Å². The molecule has 0 saturated carbocycles. The molecule has 6 heteroatoms. The van der Waals surface area contributed by atoms with Gasteiger partial charge in [0.1, 0.15) is 5.69 Å². The average molecular weight is 336 g/mol. The van der Waals surface area contributed by atoms with Crippen molar-refractivity contribution in [3.05, 3.63) is 51.8 Å². The maximum atomic E-state index is 12.2. The number of nitrogens with one attached hydrogen (secondary N) is 1. The molecule has 1 heterocycles. The first-order valence-electron chi connectivity index (χ1n) is 5.92. The maximum Gasteiger partial charge on any atom is 0.265 e. The molecule has 0 aliphatic rings. The molecule has 104 valence electrons. The monoisotopic (exact) mass is 335 g/mol. The highest BCUT2D eigenvalue weighted by molar-refractivity contribution is 9.10. The van der Waals surface area contributed by atoms with E-state index in [4.69, 9.17) is 5.73 Å². The summed E-state index contributed by atoms with van der Waals surface area (Å²) in [5, 5.41) is 2.75. The Bertz CT molecular complexity index is 692. The van der Waals surface area contributed by atoms with Gasteiger partial charge < -0.3 is 15.6 Å². The number of aryl methyl sites for hydroxylation is 2. The van der Waals surface area contributed by atoms with Crippen LogP contribution in [0.1, 0.15) is 26.4 Å². The zero-order chi connectivity index (χ0) is 14.9. The van der Waals surface area contributed by atoms with Gasteiger partial charge in [0.25, 0.3) is 11.8 Å². The average Bonchev–Trinajstić information content (AvgIpc) is 2.73. The van der Waals surface area contributed by atoms with E-state index in [0.29, 0.717) is 16.9 Å². The summed E-state index contributed by atoms with van der Waals surface area (Å²) in [4.78, 5) is 23.4. The molecular formula is C14H14BrN3O2. The Balaban J connectivity index is 2.26. The zero-order valence-electron chi connectivity index (χ0n) is 11.1. The number of benzene rings is 1. The Hall–Kier alpha value is -2.08. The van der Waals surface area contributed by atoms with Crippen molar-refractivity contribution in [3.8, 4) is 0 Å². The van der Waals surface area contributed by atoms with Gasteiger partial charge in [-0.25, -0.2) is 0 Å². The summed E-state index contributed by atoms with van der Waals surface area (Å²) < 4.78 is 2.41. The van der Waals surface area contributed by atoms with Crippen molar-refractivity contribution in [1.29, 1.82) is 0 Å². The van der Waals surface area contributed by atoms with Crippen molar-refractivity contribution < 1.29 is 9.59 Å².